The highest BCUT2D eigenvalue weighted by Gasteiger charge is 2.06. The van der Waals surface area contributed by atoms with E-state index in [2.05, 4.69) is 35.5 Å². The monoisotopic (exact) mass is 313 g/mol. The zero-order valence-electron chi connectivity index (χ0n) is 13.6. The molecule has 1 heterocycles. The molecule has 1 aromatic heterocycles. The van der Waals surface area contributed by atoms with Crippen LogP contribution < -0.4 is 15.4 Å². The second-order valence-electron chi connectivity index (χ2n) is 5.47. The van der Waals surface area contributed by atoms with Crippen LogP contribution in [-0.2, 0) is 6.54 Å². The van der Waals surface area contributed by atoms with Gasteiger partial charge in [-0.2, -0.15) is 0 Å². The van der Waals surface area contributed by atoms with Gasteiger partial charge < -0.3 is 15.4 Å². The highest BCUT2D eigenvalue weighted by atomic mass is 16.5. The zero-order valence-corrected chi connectivity index (χ0v) is 13.6. The van der Waals surface area contributed by atoms with E-state index in [0.717, 1.165) is 11.4 Å². The molecule has 1 aromatic carbocycles. The number of urea groups is 1. The van der Waals surface area contributed by atoms with Crippen molar-refractivity contribution >= 4 is 6.03 Å². The van der Waals surface area contributed by atoms with Gasteiger partial charge in [-0.1, -0.05) is 38.1 Å². The number of rotatable bonds is 7. The Bertz CT molecular complexity index is 615. The summed E-state index contributed by atoms with van der Waals surface area (Å²) < 4.78 is 5.76. The second-order valence-corrected chi connectivity index (χ2v) is 5.47. The lowest BCUT2D eigenvalue weighted by Gasteiger charge is -2.14. The topological polar surface area (TPSA) is 63.2 Å². The number of pyridine rings is 1. The molecule has 2 aromatic rings. The lowest BCUT2D eigenvalue weighted by Crippen LogP contribution is -2.37. The number of carbonyl (C=O) groups is 1. The third-order valence-electron chi connectivity index (χ3n) is 3.34. The molecule has 2 amide bonds. The Morgan fingerprint density at radius 3 is 2.65 bits per heavy atom. The first-order chi connectivity index (χ1) is 11.2. The van der Waals surface area contributed by atoms with E-state index in [1.54, 1.807) is 6.20 Å². The lowest BCUT2D eigenvalue weighted by molar-refractivity contribution is 0.236. The van der Waals surface area contributed by atoms with Crippen LogP contribution in [-0.4, -0.2) is 24.2 Å². The average molecular weight is 313 g/mol. The van der Waals surface area contributed by atoms with Crippen LogP contribution in [0, 0.1) is 0 Å². The van der Waals surface area contributed by atoms with Crippen molar-refractivity contribution in [1.82, 2.24) is 15.6 Å². The van der Waals surface area contributed by atoms with E-state index < -0.39 is 0 Å². The maximum absolute atomic E-state index is 11.7. The Morgan fingerprint density at radius 2 is 1.91 bits per heavy atom. The minimum absolute atomic E-state index is 0.226. The van der Waals surface area contributed by atoms with Gasteiger partial charge in [0.25, 0.3) is 0 Å². The molecule has 5 nitrogen and oxygen atoms in total. The summed E-state index contributed by atoms with van der Waals surface area (Å²) in [6, 6.07) is 13.4. The molecule has 0 unspecified atom stereocenters. The number of benzene rings is 1. The van der Waals surface area contributed by atoms with E-state index in [0.29, 0.717) is 25.6 Å². The van der Waals surface area contributed by atoms with Crippen LogP contribution in [0.1, 0.15) is 31.0 Å². The molecule has 122 valence electrons. The van der Waals surface area contributed by atoms with E-state index in [1.807, 2.05) is 36.4 Å². The summed E-state index contributed by atoms with van der Waals surface area (Å²) in [6.07, 6.45) is 1.70. The molecule has 0 fully saturated rings. The molecule has 5 heteroatoms. The van der Waals surface area contributed by atoms with Gasteiger partial charge in [0, 0.05) is 6.20 Å². The van der Waals surface area contributed by atoms with Crippen LogP contribution in [0.4, 0.5) is 4.79 Å². The predicted octanol–water partition coefficient (Wildman–Crippen LogP) is 3.08. The number of hydrogen-bond donors (Lipinski definition) is 2. The molecular weight excluding hydrogens is 290 g/mol. The normalized spacial score (nSPS) is 10.4. The molecule has 0 saturated carbocycles. The Morgan fingerprint density at radius 1 is 1.13 bits per heavy atom. The molecule has 2 rings (SSSR count). The Hall–Kier alpha value is -2.56. The summed E-state index contributed by atoms with van der Waals surface area (Å²) >= 11 is 0. The third kappa shape index (κ3) is 5.62. The number of nitrogens with zero attached hydrogens (tertiary/aromatic N) is 1. The van der Waals surface area contributed by atoms with Gasteiger partial charge in [0.1, 0.15) is 12.4 Å². The SMILES string of the molecule is CC(C)c1ccccc1OCCNC(=O)NCc1ccccn1. The van der Waals surface area contributed by atoms with E-state index in [4.69, 9.17) is 4.74 Å². The van der Waals surface area contributed by atoms with Gasteiger partial charge in [-0.3, -0.25) is 4.98 Å². The fourth-order valence-electron chi connectivity index (χ4n) is 2.15. The molecule has 0 saturated heterocycles. The third-order valence-corrected chi connectivity index (χ3v) is 3.34. The Balaban J connectivity index is 1.68. The van der Waals surface area contributed by atoms with Gasteiger partial charge in [-0.05, 0) is 29.7 Å². The molecule has 2 N–H and O–H groups in total. The van der Waals surface area contributed by atoms with Crippen LogP contribution in [0.5, 0.6) is 5.75 Å². The summed E-state index contributed by atoms with van der Waals surface area (Å²) in [5, 5.41) is 5.53. The summed E-state index contributed by atoms with van der Waals surface area (Å²) in [5.74, 6) is 1.28. The maximum atomic E-state index is 11.7. The number of carbonyl (C=O) groups excluding carboxylic acids is 1. The molecule has 0 atom stereocenters. The molecular formula is C18H23N3O2. The van der Waals surface area contributed by atoms with Crippen molar-refractivity contribution in [3.63, 3.8) is 0 Å². The molecule has 0 aliphatic heterocycles. The minimum Gasteiger partial charge on any atom is -0.491 e. The quantitative estimate of drug-likeness (QED) is 0.772. The predicted molar refractivity (Wildman–Crippen MR) is 90.5 cm³/mol. The number of nitrogens with one attached hydrogen (secondary N) is 2. The Kier molecular flexibility index (Phi) is 6.41. The van der Waals surface area contributed by atoms with Crippen molar-refractivity contribution in [2.45, 2.75) is 26.3 Å². The number of hydrogen-bond acceptors (Lipinski definition) is 3. The second kappa shape index (κ2) is 8.78. The maximum Gasteiger partial charge on any atom is 0.315 e. The molecule has 0 bridgehead atoms. The largest absolute Gasteiger partial charge is 0.491 e. The van der Waals surface area contributed by atoms with Crippen molar-refractivity contribution in [1.29, 1.82) is 0 Å². The van der Waals surface area contributed by atoms with Crippen molar-refractivity contribution in [3.8, 4) is 5.75 Å². The van der Waals surface area contributed by atoms with Crippen molar-refractivity contribution in [2.75, 3.05) is 13.2 Å². The summed E-state index contributed by atoms with van der Waals surface area (Å²) in [5.41, 5.74) is 2.00. The van der Waals surface area contributed by atoms with Gasteiger partial charge in [-0.15, -0.1) is 0 Å². The van der Waals surface area contributed by atoms with E-state index in [-0.39, 0.29) is 6.03 Å². The van der Waals surface area contributed by atoms with E-state index in [9.17, 15) is 4.79 Å². The van der Waals surface area contributed by atoms with Crippen LogP contribution in [0.3, 0.4) is 0 Å². The van der Waals surface area contributed by atoms with Crippen LogP contribution in [0.15, 0.2) is 48.7 Å². The van der Waals surface area contributed by atoms with Gasteiger partial charge in [0.15, 0.2) is 0 Å². The Labute approximate surface area is 137 Å². The minimum atomic E-state index is -0.226. The number of aromatic nitrogens is 1. The smallest absolute Gasteiger partial charge is 0.315 e. The molecule has 0 radical (unpaired) electrons. The van der Waals surface area contributed by atoms with Gasteiger partial charge >= 0.3 is 6.03 Å². The molecule has 23 heavy (non-hydrogen) atoms. The average Bonchev–Trinajstić information content (AvgIpc) is 2.58. The highest BCUT2D eigenvalue weighted by molar-refractivity contribution is 5.73. The number of amides is 2. The molecule has 0 aliphatic rings. The zero-order chi connectivity index (χ0) is 16.5. The van der Waals surface area contributed by atoms with Crippen LogP contribution in [0.25, 0.3) is 0 Å². The van der Waals surface area contributed by atoms with Gasteiger partial charge in [0.05, 0.1) is 18.8 Å². The first kappa shape index (κ1) is 16.8. The van der Waals surface area contributed by atoms with Crippen LogP contribution in [0.2, 0.25) is 0 Å². The van der Waals surface area contributed by atoms with Crippen molar-refractivity contribution in [3.05, 3.63) is 59.9 Å². The lowest BCUT2D eigenvalue weighted by atomic mass is 10.0. The van der Waals surface area contributed by atoms with Crippen molar-refractivity contribution in [2.24, 2.45) is 0 Å². The van der Waals surface area contributed by atoms with Gasteiger partial charge in [-0.25, -0.2) is 4.79 Å². The van der Waals surface area contributed by atoms with Crippen LogP contribution >= 0.6 is 0 Å². The fourth-order valence-corrected chi connectivity index (χ4v) is 2.15. The highest BCUT2D eigenvalue weighted by Crippen LogP contribution is 2.25. The fraction of sp³-hybridized carbons (Fsp3) is 0.333. The first-order valence-corrected chi connectivity index (χ1v) is 7.80. The summed E-state index contributed by atoms with van der Waals surface area (Å²) in [7, 11) is 0. The van der Waals surface area contributed by atoms with Crippen molar-refractivity contribution < 1.29 is 9.53 Å². The molecule has 0 aliphatic carbocycles. The number of para-hydroxylation sites is 1. The standard InChI is InChI=1S/C18H23N3O2/c1-14(2)16-8-3-4-9-17(16)23-12-11-20-18(22)21-13-15-7-5-6-10-19-15/h3-10,14H,11-13H2,1-2H3,(H2,20,21,22). The van der Waals surface area contributed by atoms with E-state index in [1.165, 1.54) is 5.56 Å². The molecule has 0 spiro atoms. The number of ether oxygens (including phenoxy) is 1. The van der Waals surface area contributed by atoms with Gasteiger partial charge in [0.2, 0.25) is 0 Å². The first-order valence-electron chi connectivity index (χ1n) is 7.80. The van der Waals surface area contributed by atoms with E-state index >= 15 is 0 Å². The summed E-state index contributed by atoms with van der Waals surface area (Å²) in [4.78, 5) is 15.8. The summed E-state index contributed by atoms with van der Waals surface area (Å²) in [6.45, 7) is 5.54.